The summed E-state index contributed by atoms with van der Waals surface area (Å²) in [4.78, 5) is 10.5. The summed E-state index contributed by atoms with van der Waals surface area (Å²) in [5.41, 5.74) is 1.47. The average molecular weight is 280 g/mol. The van der Waals surface area contributed by atoms with E-state index in [4.69, 9.17) is 4.74 Å². The highest BCUT2D eigenvalue weighted by molar-refractivity contribution is 5.49. The standard InChI is InChI=1S/C14H20N2O4/c1-9-5-10(2)14(6-13(9)16(18)19)20-8-12(17)7-15-11-3-4-11/h5-6,11-12,15,17H,3-4,7-8H2,1-2H3. The quantitative estimate of drug-likeness (QED) is 0.586. The van der Waals surface area contributed by atoms with E-state index < -0.39 is 11.0 Å². The van der Waals surface area contributed by atoms with Gasteiger partial charge < -0.3 is 15.2 Å². The highest BCUT2D eigenvalue weighted by Gasteiger charge is 2.21. The Kier molecular flexibility index (Phi) is 4.57. The van der Waals surface area contributed by atoms with Gasteiger partial charge in [0.25, 0.3) is 5.69 Å². The van der Waals surface area contributed by atoms with E-state index in [-0.39, 0.29) is 12.3 Å². The number of benzene rings is 1. The number of nitrogens with one attached hydrogen (secondary N) is 1. The predicted molar refractivity (Wildman–Crippen MR) is 75.1 cm³/mol. The Morgan fingerprint density at radius 2 is 2.15 bits per heavy atom. The largest absolute Gasteiger partial charge is 0.490 e. The van der Waals surface area contributed by atoms with Gasteiger partial charge in [-0.15, -0.1) is 0 Å². The molecule has 0 radical (unpaired) electrons. The van der Waals surface area contributed by atoms with Crippen molar-refractivity contribution < 1.29 is 14.8 Å². The van der Waals surface area contributed by atoms with Crippen molar-refractivity contribution in [3.63, 3.8) is 0 Å². The maximum absolute atomic E-state index is 10.9. The fourth-order valence-corrected chi connectivity index (χ4v) is 2.01. The number of aliphatic hydroxyl groups is 1. The molecule has 20 heavy (non-hydrogen) atoms. The van der Waals surface area contributed by atoms with Gasteiger partial charge >= 0.3 is 0 Å². The van der Waals surface area contributed by atoms with E-state index in [2.05, 4.69) is 5.32 Å². The van der Waals surface area contributed by atoms with Crippen LogP contribution in [0.5, 0.6) is 5.75 Å². The zero-order chi connectivity index (χ0) is 14.7. The second kappa shape index (κ2) is 6.19. The Hall–Kier alpha value is -1.66. The van der Waals surface area contributed by atoms with E-state index in [1.165, 1.54) is 6.07 Å². The molecule has 1 aromatic rings. The molecule has 2 rings (SSSR count). The van der Waals surface area contributed by atoms with E-state index in [0.717, 1.165) is 18.4 Å². The number of rotatable bonds is 7. The fraction of sp³-hybridized carbons (Fsp3) is 0.571. The molecule has 1 atom stereocenters. The van der Waals surface area contributed by atoms with E-state index in [1.54, 1.807) is 13.0 Å². The molecule has 1 aliphatic carbocycles. The molecular formula is C14H20N2O4. The van der Waals surface area contributed by atoms with E-state index >= 15 is 0 Å². The summed E-state index contributed by atoms with van der Waals surface area (Å²) in [5, 5.41) is 23.9. The van der Waals surface area contributed by atoms with Gasteiger partial charge in [0.1, 0.15) is 18.5 Å². The Morgan fingerprint density at radius 1 is 1.45 bits per heavy atom. The first kappa shape index (κ1) is 14.7. The lowest BCUT2D eigenvalue weighted by molar-refractivity contribution is -0.385. The van der Waals surface area contributed by atoms with E-state index in [9.17, 15) is 15.2 Å². The summed E-state index contributed by atoms with van der Waals surface area (Å²) < 4.78 is 5.50. The lowest BCUT2D eigenvalue weighted by Gasteiger charge is -2.14. The van der Waals surface area contributed by atoms with Crippen molar-refractivity contribution in [2.75, 3.05) is 13.2 Å². The summed E-state index contributed by atoms with van der Waals surface area (Å²) in [6, 6.07) is 3.68. The number of hydrogen-bond acceptors (Lipinski definition) is 5. The van der Waals surface area contributed by atoms with Gasteiger partial charge in [0.15, 0.2) is 0 Å². The van der Waals surface area contributed by atoms with Crippen LogP contribution in [-0.4, -0.2) is 35.3 Å². The van der Waals surface area contributed by atoms with Crippen LogP contribution < -0.4 is 10.1 Å². The molecule has 0 aromatic heterocycles. The molecule has 1 fully saturated rings. The number of nitrogens with zero attached hydrogens (tertiary/aromatic N) is 1. The number of aliphatic hydroxyl groups excluding tert-OH is 1. The normalized spacial score (nSPS) is 15.9. The number of nitro groups is 1. The molecule has 110 valence electrons. The van der Waals surface area contributed by atoms with Crippen molar-refractivity contribution in [3.05, 3.63) is 33.4 Å². The third-order valence-electron chi connectivity index (χ3n) is 3.34. The molecule has 2 N–H and O–H groups in total. The minimum atomic E-state index is -0.615. The van der Waals surface area contributed by atoms with Crippen molar-refractivity contribution in [3.8, 4) is 5.75 Å². The van der Waals surface area contributed by atoms with Crippen LogP contribution in [0.1, 0.15) is 24.0 Å². The third-order valence-corrected chi connectivity index (χ3v) is 3.34. The molecule has 0 bridgehead atoms. The Bertz CT molecular complexity index is 500. The molecule has 0 saturated heterocycles. The summed E-state index contributed by atoms with van der Waals surface area (Å²) >= 11 is 0. The first-order valence-electron chi connectivity index (χ1n) is 6.77. The molecule has 0 heterocycles. The Morgan fingerprint density at radius 3 is 2.75 bits per heavy atom. The summed E-state index contributed by atoms with van der Waals surface area (Å²) in [6.45, 7) is 4.14. The van der Waals surface area contributed by atoms with Crippen LogP contribution in [0.2, 0.25) is 0 Å². The second-order valence-corrected chi connectivity index (χ2v) is 5.31. The van der Waals surface area contributed by atoms with Crippen LogP contribution in [0.25, 0.3) is 0 Å². The van der Waals surface area contributed by atoms with Gasteiger partial charge in [0.05, 0.1) is 11.0 Å². The van der Waals surface area contributed by atoms with Crippen LogP contribution in [0.3, 0.4) is 0 Å². The highest BCUT2D eigenvalue weighted by atomic mass is 16.6. The van der Waals surface area contributed by atoms with Crippen LogP contribution in [0, 0.1) is 24.0 Å². The molecule has 1 saturated carbocycles. The predicted octanol–water partition coefficient (Wildman–Crippen LogP) is 1.70. The maximum atomic E-state index is 10.9. The van der Waals surface area contributed by atoms with Crippen LogP contribution >= 0.6 is 0 Å². The number of ether oxygens (including phenoxy) is 1. The third kappa shape index (κ3) is 3.91. The Balaban J connectivity index is 1.93. The van der Waals surface area contributed by atoms with Gasteiger partial charge in [-0.25, -0.2) is 0 Å². The van der Waals surface area contributed by atoms with Crippen molar-refractivity contribution in [1.82, 2.24) is 5.32 Å². The molecule has 1 unspecified atom stereocenters. The molecule has 1 aromatic carbocycles. The lowest BCUT2D eigenvalue weighted by Crippen LogP contribution is -2.32. The average Bonchev–Trinajstić information content (AvgIpc) is 3.18. The fourth-order valence-electron chi connectivity index (χ4n) is 2.01. The first-order valence-corrected chi connectivity index (χ1v) is 6.77. The number of aryl methyl sites for hydroxylation is 2. The molecule has 6 heteroatoms. The molecule has 6 nitrogen and oxygen atoms in total. The summed E-state index contributed by atoms with van der Waals surface area (Å²) in [5.74, 6) is 0.452. The van der Waals surface area contributed by atoms with Gasteiger partial charge in [-0.05, 0) is 38.3 Å². The van der Waals surface area contributed by atoms with Gasteiger partial charge in [-0.1, -0.05) is 0 Å². The van der Waals surface area contributed by atoms with Crippen molar-refractivity contribution in [1.29, 1.82) is 0 Å². The molecular weight excluding hydrogens is 260 g/mol. The molecule has 1 aliphatic rings. The lowest BCUT2D eigenvalue weighted by atomic mass is 10.1. The summed E-state index contributed by atoms with van der Waals surface area (Å²) in [7, 11) is 0. The van der Waals surface area contributed by atoms with Crippen LogP contribution in [0.4, 0.5) is 5.69 Å². The zero-order valence-electron chi connectivity index (χ0n) is 11.8. The minimum Gasteiger partial charge on any atom is -0.490 e. The van der Waals surface area contributed by atoms with Gasteiger partial charge in [-0.3, -0.25) is 10.1 Å². The zero-order valence-corrected chi connectivity index (χ0v) is 11.8. The highest BCUT2D eigenvalue weighted by Crippen LogP contribution is 2.28. The van der Waals surface area contributed by atoms with Crippen molar-refractivity contribution >= 4 is 5.69 Å². The first-order chi connectivity index (χ1) is 9.47. The minimum absolute atomic E-state index is 0.0381. The second-order valence-electron chi connectivity index (χ2n) is 5.31. The molecule has 0 spiro atoms. The molecule has 0 aliphatic heterocycles. The molecule has 0 amide bonds. The SMILES string of the molecule is Cc1cc(C)c([N+](=O)[O-])cc1OCC(O)CNC1CC1. The van der Waals surface area contributed by atoms with Gasteiger partial charge in [0.2, 0.25) is 0 Å². The monoisotopic (exact) mass is 280 g/mol. The number of nitro benzene ring substituents is 1. The smallest absolute Gasteiger partial charge is 0.276 e. The van der Waals surface area contributed by atoms with Gasteiger partial charge in [-0.2, -0.15) is 0 Å². The Labute approximate surface area is 117 Å². The van der Waals surface area contributed by atoms with Crippen LogP contribution in [-0.2, 0) is 0 Å². The van der Waals surface area contributed by atoms with E-state index in [1.807, 2.05) is 6.92 Å². The van der Waals surface area contributed by atoms with Gasteiger partial charge in [0, 0.05) is 18.2 Å². The number of hydrogen-bond donors (Lipinski definition) is 2. The topological polar surface area (TPSA) is 84.6 Å². The van der Waals surface area contributed by atoms with Crippen LogP contribution in [0.15, 0.2) is 12.1 Å². The van der Waals surface area contributed by atoms with Crippen molar-refractivity contribution in [2.24, 2.45) is 0 Å². The maximum Gasteiger partial charge on any atom is 0.276 e. The van der Waals surface area contributed by atoms with E-state index in [0.29, 0.717) is 23.9 Å². The summed E-state index contributed by atoms with van der Waals surface area (Å²) in [6.07, 6.45) is 1.71. The van der Waals surface area contributed by atoms with Crippen molar-refractivity contribution in [2.45, 2.75) is 38.8 Å².